The molecule has 0 aromatic carbocycles. The molecule has 8 heteroatoms. The molecule has 1 aliphatic rings. The largest absolute Gasteiger partial charge is 0.393 e. The van der Waals surface area contributed by atoms with Crippen molar-refractivity contribution in [2.45, 2.75) is 37.3 Å². The summed E-state index contributed by atoms with van der Waals surface area (Å²) in [7, 11) is 0. The van der Waals surface area contributed by atoms with Gasteiger partial charge in [-0.05, 0) is 25.3 Å². The lowest BCUT2D eigenvalue weighted by Crippen LogP contribution is -2.43. The van der Waals surface area contributed by atoms with E-state index < -0.39 is 17.5 Å². The number of nitrogens with one attached hydrogen (secondary N) is 2. The average molecular weight is 386 g/mol. The zero-order valence-electron chi connectivity index (χ0n) is 14.3. The van der Waals surface area contributed by atoms with Crippen molar-refractivity contribution in [1.82, 2.24) is 19.9 Å². The predicted molar refractivity (Wildman–Crippen MR) is 102 cm³/mol. The molecule has 3 N–H and O–H groups in total. The summed E-state index contributed by atoms with van der Waals surface area (Å²) in [6.45, 7) is 0. The number of anilines is 1. The molecule has 1 fully saturated rings. The third kappa shape index (κ3) is 3.34. The van der Waals surface area contributed by atoms with Crippen molar-refractivity contribution < 1.29 is 9.50 Å². The highest BCUT2D eigenvalue weighted by atomic mass is 35.5. The number of fused-ring (bicyclic) bond motifs is 1. The smallest absolute Gasteiger partial charge is 0.183 e. The molecule has 0 radical (unpaired) electrons. The molecule has 0 aliphatic heterocycles. The first-order valence-corrected chi connectivity index (χ1v) is 8.97. The van der Waals surface area contributed by atoms with Crippen molar-refractivity contribution in [3.8, 4) is 23.7 Å². The van der Waals surface area contributed by atoms with Gasteiger partial charge in [-0.25, -0.2) is 19.3 Å². The minimum absolute atomic E-state index is 0.0105. The van der Waals surface area contributed by atoms with Crippen LogP contribution in [0.15, 0.2) is 24.7 Å². The maximum Gasteiger partial charge on any atom is 0.183 e. The third-order valence-corrected chi connectivity index (χ3v) is 5.05. The van der Waals surface area contributed by atoms with Crippen molar-refractivity contribution in [3.05, 3.63) is 35.5 Å². The first-order chi connectivity index (χ1) is 13.0. The number of hydrogen-bond donors (Lipinski definition) is 3. The fourth-order valence-electron chi connectivity index (χ4n) is 3.50. The number of H-pyrrole nitrogens is 1. The van der Waals surface area contributed by atoms with Gasteiger partial charge in [-0.3, -0.25) is 0 Å². The van der Waals surface area contributed by atoms with E-state index in [0.29, 0.717) is 41.3 Å². The number of pyridine rings is 1. The quantitative estimate of drug-likeness (QED) is 0.600. The molecule has 3 aromatic rings. The number of aliphatic hydroxyl groups is 1. The van der Waals surface area contributed by atoms with Crippen LogP contribution in [0.2, 0.25) is 5.02 Å². The SMILES string of the molecule is C#CC1(Nc2nc(-c3c[nH]c4ncc(Cl)cc34)ncc2F)CCCC(O)C1. The summed E-state index contributed by atoms with van der Waals surface area (Å²) >= 11 is 6.04. The topological polar surface area (TPSA) is 86.7 Å². The predicted octanol–water partition coefficient (Wildman–Crippen LogP) is 3.53. The summed E-state index contributed by atoms with van der Waals surface area (Å²) in [5.74, 6) is 2.40. The van der Waals surface area contributed by atoms with Crippen molar-refractivity contribution in [3.63, 3.8) is 0 Å². The molecule has 2 atom stereocenters. The Labute approximate surface area is 160 Å². The van der Waals surface area contributed by atoms with Gasteiger partial charge in [0.15, 0.2) is 17.5 Å². The second kappa shape index (κ2) is 6.80. The highest BCUT2D eigenvalue weighted by Gasteiger charge is 2.35. The monoisotopic (exact) mass is 385 g/mol. The van der Waals surface area contributed by atoms with E-state index in [2.05, 4.69) is 31.2 Å². The average Bonchev–Trinajstić information content (AvgIpc) is 3.06. The van der Waals surface area contributed by atoms with Gasteiger partial charge in [0.1, 0.15) is 11.2 Å². The summed E-state index contributed by atoms with van der Waals surface area (Å²) < 4.78 is 14.4. The Bertz CT molecular complexity index is 1050. The van der Waals surface area contributed by atoms with Crippen LogP contribution in [0.5, 0.6) is 0 Å². The van der Waals surface area contributed by atoms with E-state index in [9.17, 15) is 9.50 Å². The number of aromatic nitrogens is 4. The van der Waals surface area contributed by atoms with Gasteiger partial charge < -0.3 is 15.4 Å². The zero-order valence-corrected chi connectivity index (χ0v) is 15.1. The number of terminal acetylenes is 1. The molecule has 3 heterocycles. The summed E-state index contributed by atoms with van der Waals surface area (Å²) in [6.07, 6.45) is 11.9. The lowest BCUT2D eigenvalue weighted by molar-refractivity contribution is 0.110. The second-order valence-electron chi connectivity index (χ2n) is 6.74. The van der Waals surface area contributed by atoms with Crippen LogP contribution < -0.4 is 5.32 Å². The van der Waals surface area contributed by atoms with Crippen LogP contribution in [0.4, 0.5) is 10.2 Å². The molecule has 138 valence electrons. The first kappa shape index (κ1) is 17.7. The number of hydrogen-bond acceptors (Lipinski definition) is 5. The Morgan fingerprint density at radius 3 is 3.04 bits per heavy atom. The molecule has 0 bridgehead atoms. The Kier molecular flexibility index (Phi) is 4.46. The van der Waals surface area contributed by atoms with Crippen LogP contribution in [0, 0.1) is 18.2 Å². The second-order valence-corrected chi connectivity index (χ2v) is 7.18. The van der Waals surface area contributed by atoms with E-state index >= 15 is 0 Å². The molecule has 0 saturated heterocycles. The Hall–Kier alpha value is -2.69. The van der Waals surface area contributed by atoms with Crippen molar-refractivity contribution in [2.75, 3.05) is 5.32 Å². The fourth-order valence-corrected chi connectivity index (χ4v) is 3.66. The molecule has 3 aromatic heterocycles. The molecule has 0 spiro atoms. The Morgan fingerprint density at radius 1 is 1.41 bits per heavy atom. The Balaban J connectivity index is 1.73. The summed E-state index contributed by atoms with van der Waals surface area (Å²) in [5, 5.41) is 14.2. The van der Waals surface area contributed by atoms with Crippen LogP contribution in [0.1, 0.15) is 25.7 Å². The van der Waals surface area contributed by atoms with Crippen molar-refractivity contribution in [2.24, 2.45) is 0 Å². The van der Waals surface area contributed by atoms with E-state index in [1.54, 1.807) is 12.3 Å². The van der Waals surface area contributed by atoms with Gasteiger partial charge in [-0.1, -0.05) is 17.5 Å². The standard InChI is InChI=1S/C19H17ClFN5O/c1-2-19(5-3-4-12(27)7-19)26-18-15(21)10-24-17(25-18)14-9-23-16-13(14)6-11(20)8-22-16/h1,6,8-10,12,27H,3-5,7H2,(H,22,23)(H,24,25,26). The molecule has 4 rings (SSSR count). The van der Waals surface area contributed by atoms with Gasteiger partial charge in [0.25, 0.3) is 0 Å². The highest BCUT2D eigenvalue weighted by molar-refractivity contribution is 6.31. The van der Waals surface area contributed by atoms with E-state index in [-0.39, 0.29) is 5.82 Å². The normalized spacial score (nSPS) is 22.5. The van der Waals surface area contributed by atoms with Crippen molar-refractivity contribution >= 4 is 28.5 Å². The van der Waals surface area contributed by atoms with Gasteiger partial charge in [-0.2, -0.15) is 0 Å². The molecule has 6 nitrogen and oxygen atoms in total. The maximum atomic E-state index is 14.4. The van der Waals surface area contributed by atoms with Crippen LogP contribution in [0.25, 0.3) is 22.4 Å². The number of nitrogens with zero attached hydrogens (tertiary/aromatic N) is 3. The first-order valence-electron chi connectivity index (χ1n) is 8.59. The van der Waals surface area contributed by atoms with Crippen LogP contribution >= 0.6 is 11.6 Å². The summed E-state index contributed by atoms with van der Waals surface area (Å²) in [5.41, 5.74) is 0.448. The van der Waals surface area contributed by atoms with Gasteiger partial charge in [-0.15, -0.1) is 6.42 Å². The van der Waals surface area contributed by atoms with Gasteiger partial charge in [0, 0.05) is 29.8 Å². The minimum atomic E-state index is -0.838. The highest BCUT2D eigenvalue weighted by Crippen LogP contribution is 2.33. The third-order valence-electron chi connectivity index (χ3n) is 4.84. The molecular formula is C19H17ClFN5O. The van der Waals surface area contributed by atoms with Gasteiger partial charge in [0.2, 0.25) is 0 Å². The fraction of sp³-hybridized carbons (Fsp3) is 0.316. The van der Waals surface area contributed by atoms with Gasteiger partial charge >= 0.3 is 0 Å². The molecule has 27 heavy (non-hydrogen) atoms. The lowest BCUT2D eigenvalue weighted by atomic mass is 9.80. The lowest BCUT2D eigenvalue weighted by Gasteiger charge is -2.36. The van der Waals surface area contributed by atoms with E-state index in [1.165, 1.54) is 6.20 Å². The molecule has 0 amide bonds. The van der Waals surface area contributed by atoms with Crippen LogP contribution in [0.3, 0.4) is 0 Å². The number of aromatic amines is 1. The van der Waals surface area contributed by atoms with E-state index in [0.717, 1.165) is 18.0 Å². The molecular weight excluding hydrogens is 369 g/mol. The number of halogens is 2. The summed E-state index contributed by atoms with van der Waals surface area (Å²) in [6, 6.07) is 1.75. The minimum Gasteiger partial charge on any atom is -0.393 e. The number of rotatable bonds is 3. The maximum absolute atomic E-state index is 14.4. The molecule has 2 unspecified atom stereocenters. The zero-order chi connectivity index (χ0) is 19.0. The van der Waals surface area contributed by atoms with Gasteiger partial charge in [0.05, 0.1) is 17.3 Å². The van der Waals surface area contributed by atoms with Crippen LogP contribution in [-0.2, 0) is 0 Å². The van der Waals surface area contributed by atoms with Crippen molar-refractivity contribution in [1.29, 1.82) is 0 Å². The molecule has 1 saturated carbocycles. The summed E-state index contributed by atoms with van der Waals surface area (Å²) in [4.78, 5) is 15.7. The number of aliphatic hydroxyl groups excluding tert-OH is 1. The molecule has 1 aliphatic carbocycles. The van der Waals surface area contributed by atoms with E-state index in [4.69, 9.17) is 18.0 Å². The Morgan fingerprint density at radius 2 is 2.26 bits per heavy atom. The van der Waals surface area contributed by atoms with E-state index in [1.807, 2.05) is 0 Å². The van der Waals surface area contributed by atoms with Crippen LogP contribution in [-0.4, -0.2) is 36.7 Å².